The number of halogens is 1. The van der Waals surface area contributed by atoms with Crippen molar-refractivity contribution in [2.75, 3.05) is 32.6 Å². The number of carbonyl (C=O) groups is 1. The summed E-state index contributed by atoms with van der Waals surface area (Å²) in [4.78, 5) is 18.0. The molecule has 3 aromatic carbocycles. The van der Waals surface area contributed by atoms with Crippen molar-refractivity contribution >= 4 is 23.3 Å². The van der Waals surface area contributed by atoms with Gasteiger partial charge in [0.1, 0.15) is 11.5 Å². The first kappa shape index (κ1) is 24.9. The number of nitrogens with zero attached hydrogens (tertiary/aromatic N) is 2. The molecule has 1 heterocycles. The number of hydrogen-bond donors (Lipinski definition) is 1. The van der Waals surface area contributed by atoms with Crippen molar-refractivity contribution in [2.45, 2.75) is 32.0 Å². The number of nitrogens with one attached hydrogen (secondary N) is 1. The van der Waals surface area contributed by atoms with Gasteiger partial charge in [-0.1, -0.05) is 54.1 Å². The summed E-state index contributed by atoms with van der Waals surface area (Å²) in [6, 6.07) is 23.5. The van der Waals surface area contributed by atoms with Gasteiger partial charge in [-0.3, -0.25) is 4.90 Å². The van der Waals surface area contributed by atoms with Crippen LogP contribution in [0.1, 0.15) is 24.0 Å². The standard InChI is InChI=1S/C28H32ClN3O3/c1-34-25-12-13-26(27(18-25)35-2)30-28(33)32(20-22-8-10-23(29)11-9-22)24-14-16-31(17-15-24)19-21-6-4-3-5-7-21/h3-13,18,24H,14-17,19-20H2,1-2H3,(H,30,33). The number of piperidine rings is 1. The number of amides is 2. The lowest BCUT2D eigenvalue weighted by Gasteiger charge is -2.38. The summed E-state index contributed by atoms with van der Waals surface area (Å²) < 4.78 is 10.8. The Kier molecular flexibility index (Phi) is 8.50. The number of benzene rings is 3. The normalized spacial score (nSPS) is 14.4. The molecule has 1 N–H and O–H groups in total. The first-order valence-corrected chi connectivity index (χ1v) is 12.2. The Morgan fingerprint density at radius 3 is 2.34 bits per heavy atom. The van der Waals surface area contributed by atoms with Crippen LogP contribution < -0.4 is 14.8 Å². The van der Waals surface area contributed by atoms with Gasteiger partial charge in [0.05, 0.1) is 19.9 Å². The molecular formula is C28H32ClN3O3. The molecule has 1 aliphatic rings. The van der Waals surface area contributed by atoms with E-state index in [0.717, 1.165) is 38.0 Å². The lowest BCUT2D eigenvalue weighted by atomic mass is 10.0. The van der Waals surface area contributed by atoms with Crippen molar-refractivity contribution in [2.24, 2.45) is 0 Å². The fourth-order valence-electron chi connectivity index (χ4n) is 4.47. The Hall–Kier alpha value is -3.22. The molecular weight excluding hydrogens is 462 g/mol. The number of urea groups is 1. The summed E-state index contributed by atoms with van der Waals surface area (Å²) in [5.41, 5.74) is 2.96. The van der Waals surface area contributed by atoms with E-state index in [1.807, 2.05) is 41.3 Å². The molecule has 0 aliphatic carbocycles. The maximum Gasteiger partial charge on any atom is 0.322 e. The minimum atomic E-state index is -0.148. The highest BCUT2D eigenvalue weighted by molar-refractivity contribution is 6.30. The molecule has 0 atom stereocenters. The highest BCUT2D eigenvalue weighted by Gasteiger charge is 2.29. The maximum absolute atomic E-state index is 13.6. The van der Waals surface area contributed by atoms with E-state index in [2.05, 4.69) is 34.5 Å². The van der Waals surface area contributed by atoms with E-state index < -0.39 is 0 Å². The summed E-state index contributed by atoms with van der Waals surface area (Å²) >= 11 is 6.08. The van der Waals surface area contributed by atoms with Gasteiger partial charge in [-0.25, -0.2) is 4.79 Å². The molecule has 0 aromatic heterocycles. The van der Waals surface area contributed by atoms with Gasteiger partial charge in [-0.2, -0.15) is 0 Å². The predicted octanol–water partition coefficient (Wildman–Crippen LogP) is 6.06. The first-order chi connectivity index (χ1) is 17.1. The molecule has 1 aliphatic heterocycles. The second-order valence-electron chi connectivity index (χ2n) is 8.74. The van der Waals surface area contributed by atoms with Crippen LogP contribution in [0, 0.1) is 0 Å². The number of rotatable bonds is 8. The number of methoxy groups -OCH3 is 2. The number of carbonyl (C=O) groups excluding carboxylic acids is 1. The van der Waals surface area contributed by atoms with Crippen LogP contribution in [0.2, 0.25) is 5.02 Å². The smallest absolute Gasteiger partial charge is 0.322 e. The van der Waals surface area contributed by atoms with Gasteiger partial charge in [0.25, 0.3) is 0 Å². The van der Waals surface area contributed by atoms with Gasteiger partial charge in [0.2, 0.25) is 0 Å². The molecule has 1 saturated heterocycles. The number of hydrogen-bond acceptors (Lipinski definition) is 4. The zero-order chi connectivity index (χ0) is 24.6. The van der Waals surface area contributed by atoms with Crippen molar-refractivity contribution in [1.82, 2.24) is 9.80 Å². The second-order valence-corrected chi connectivity index (χ2v) is 9.18. The van der Waals surface area contributed by atoms with Crippen LogP contribution in [-0.2, 0) is 13.1 Å². The van der Waals surface area contributed by atoms with Crippen LogP contribution in [0.25, 0.3) is 0 Å². The van der Waals surface area contributed by atoms with E-state index in [0.29, 0.717) is 28.8 Å². The zero-order valence-corrected chi connectivity index (χ0v) is 21.0. The lowest BCUT2D eigenvalue weighted by Crippen LogP contribution is -2.48. The zero-order valence-electron chi connectivity index (χ0n) is 20.2. The summed E-state index contributed by atoms with van der Waals surface area (Å²) in [5.74, 6) is 1.23. The lowest BCUT2D eigenvalue weighted by molar-refractivity contribution is 0.120. The van der Waals surface area contributed by atoms with Gasteiger partial charge in [-0.05, 0) is 48.2 Å². The molecule has 2 amide bonds. The fourth-order valence-corrected chi connectivity index (χ4v) is 4.60. The van der Waals surface area contributed by atoms with Crippen LogP contribution in [0.4, 0.5) is 10.5 Å². The summed E-state index contributed by atoms with van der Waals surface area (Å²) in [7, 11) is 3.18. The van der Waals surface area contributed by atoms with E-state index in [4.69, 9.17) is 21.1 Å². The van der Waals surface area contributed by atoms with Gasteiger partial charge in [0, 0.05) is 43.3 Å². The Balaban J connectivity index is 1.48. The molecule has 0 bridgehead atoms. The Labute approximate surface area is 212 Å². The number of likely N-dealkylation sites (tertiary alicyclic amines) is 1. The monoisotopic (exact) mass is 493 g/mol. The number of ether oxygens (including phenoxy) is 2. The van der Waals surface area contributed by atoms with Crippen LogP contribution >= 0.6 is 11.6 Å². The molecule has 3 aromatic rings. The summed E-state index contributed by atoms with van der Waals surface area (Å²) in [6.45, 7) is 3.32. The number of anilines is 1. The van der Waals surface area contributed by atoms with E-state index in [1.165, 1.54) is 5.56 Å². The van der Waals surface area contributed by atoms with Crippen molar-refractivity contribution in [3.05, 3.63) is 88.9 Å². The molecule has 0 unspecified atom stereocenters. The van der Waals surface area contributed by atoms with Crippen molar-refractivity contribution in [1.29, 1.82) is 0 Å². The average molecular weight is 494 g/mol. The van der Waals surface area contributed by atoms with Gasteiger partial charge >= 0.3 is 6.03 Å². The molecule has 7 heteroatoms. The fraction of sp³-hybridized carbons (Fsp3) is 0.321. The third-order valence-corrected chi connectivity index (χ3v) is 6.68. The van der Waals surface area contributed by atoms with Gasteiger partial charge < -0.3 is 19.7 Å². The highest BCUT2D eigenvalue weighted by atomic mass is 35.5. The molecule has 6 nitrogen and oxygen atoms in total. The minimum absolute atomic E-state index is 0.127. The molecule has 0 radical (unpaired) electrons. The largest absolute Gasteiger partial charge is 0.497 e. The Morgan fingerprint density at radius 1 is 0.971 bits per heavy atom. The SMILES string of the molecule is COc1ccc(NC(=O)N(Cc2ccc(Cl)cc2)C2CCN(Cc3ccccc3)CC2)c(OC)c1. The van der Waals surface area contributed by atoms with E-state index in [-0.39, 0.29) is 12.1 Å². The van der Waals surface area contributed by atoms with Crippen LogP contribution in [0.15, 0.2) is 72.8 Å². The van der Waals surface area contributed by atoms with Gasteiger partial charge in [-0.15, -0.1) is 0 Å². The second kappa shape index (κ2) is 12.0. The average Bonchev–Trinajstić information content (AvgIpc) is 2.89. The molecule has 0 spiro atoms. The summed E-state index contributed by atoms with van der Waals surface area (Å²) in [5, 5.41) is 3.74. The molecule has 35 heavy (non-hydrogen) atoms. The van der Waals surface area contributed by atoms with Crippen LogP contribution in [-0.4, -0.2) is 49.2 Å². The Bertz CT molecular complexity index is 1100. The summed E-state index contributed by atoms with van der Waals surface area (Å²) in [6.07, 6.45) is 1.82. The predicted molar refractivity (Wildman–Crippen MR) is 140 cm³/mol. The maximum atomic E-state index is 13.6. The highest BCUT2D eigenvalue weighted by Crippen LogP contribution is 2.30. The molecule has 4 rings (SSSR count). The van der Waals surface area contributed by atoms with E-state index in [1.54, 1.807) is 26.4 Å². The molecule has 1 fully saturated rings. The van der Waals surface area contributed by atoms with Gasteiger partial charge in [0.15, 0.2) is 0 Å². The third-order valence-electron chi connectivity index (χ3n) is 6.42. The van der Waals surface area contributed by atoms with E-state index >= 15 is 0 Å². The van der Waals surface area contributed by atoms with E-state index in [9.17, 15) is 4.79 Å². The quantitative estimate of drug-likeness (QED) is 0.414. The van der Waals surface area contributed by atoms with Crippen LogP contribution in [0.5, 0.6) is 11.5 Å². The van der Waals surface area contributed by atoms with Crippen molar-refractivity contribution in [3.8, 4) is 11.5 Å². The molecule has 184 valence electrons. The van der Waals surface area contributed by atoms with Crippen LogP contribution in [0.3, 0.4) is 0 Å². The topological polar surface area (TPSA) is 54.0 Å². The first-order valence-electron chi connectivity index (χ1n) is 11.9. The molecule has 0 saturated carbocycles. The minimum Gasteiger partial charge on any atom is -0.497 e. The van der Waals surface area contributed by atoms with Crippen molar-refractivity contribution in [3.63, 3.8) is 0 Å². The van der Waals surface area contributed by atoms with Crippen molar-refractivity contribution < 1.29 is 14.3 Å². The Morgan fingerprint density at radius 2 is 1.69 bits per heavy atom. The third kappa shape index (κ3) is 6.68.